The molecular weight excluding hydrogens is 291 g/mol. The lowest BCUT2D eigenvalue weighted by molar-refractivity contribution is 0.679. The van der Waals surface area contributed by atoms with E-state index in [1.165, 1.54) is 0 Å². The molecule has 0 radical (unpaired) electrons. The van der Waals surface area contributed by atoms with Crippen LogP contribution in [0.2, 0.25) is 10.0 Å². The second-order valence-electron chi connectivity index (χ2n) is 3.88. The Hall–Kier alpha value is -0.840. The number of hydrogen-bond acceptors (Lipinski definition) is 2. The van der Waals surface area contributed by atoms with Crippen LogP contribution in [0.3, 0.4) is 0 Å². The molecule has 0 aliphatic carbocycles. The molecule has 0 saturated heterocycles. The highest BCUT2D eigenvalue weighted by Gasteiger charge is 2.11. The predicted molar refractivity (Wildman–Crippen MR) is 75.2 cm³/mol. The minimum atomic E-state index is -1.08. The van der Waals surface area contributed by atoms with Crippen LogP contribution < -0.4 is 0 Å². The molecule has 1 heterocycles. The number of hydrogen-bond donors (Lipinski definition) is 0. The maximum atomic E-state index is 12.1. The van der Waals surface area contributed by atoms with Gasteiger partial charge in [0.2, 0.25) is 0 Å². The Balaban J connectivity index is 2.10. The summed E-state index contributed by atoms with van der Waals surface area (Å²) in [5.41, 5.74) is 0.730. The van der Waals surface area contributed by atoms with Gasteiger partial charge >= 0.3 is 0 Å². The van der Waals surface area contributed by atoms with E-state index in [0.29, 0.717) is 21.6 Å². The summed E-state index contributed by atoms with van der Waals surface area (Å²) in [5.74, 6) is 1.52. The van der Waals surface area contributed by atoms with E-state index in [2.05, 4.69) is 4.98 Å². The molecule has 0 unspecified atom stereocenters. The van der Waals surface area contributed by atoms with Crippen molar-refractivity contribution in [3.05, 3.63) is 52.0 Å². The average Bonchev–Trinajstić information content (AvgIpc) is 2.70. The van der Waals surface area contributed by atoms with Crippen molar-refractivity contribution < 1.29 is 4.21 Å². The van der Waals surface area contributed by atoms with Crippen molar-refractivity contribution in [1.29, 1.82) is 0 Å². The number of benzene rings is 1. The van der Waals surface area contributed by atoms with Gasteiger partial charge in [-0.2, -0.15) is 0 Å². The summed E-state index contributed by atoms with van der Waals surface area (Å²) < 4.78 is 13.9. The van der Waals surface area contributed by atoms with Crippen molar-refractivity contribution in [2.75, 3.05) is 0 Å². The molecule has 18 heavy (non-hydrogen) atoms. The molecule has 0 amide bonds. The standard InChI is InChI=1S/C12H12Cl2N2OS/c1-16-6-5-15-12(16)8-18(17)7-9-10(13)3-2-4-11(9)14/h2-6H,7-8H2,1H3/t18-/m0/s1. The largest absolute Gasteiger partial charge is 0.337 e. The fraction of sp³-hybridized carbons (Fsp3) is 0.250. The molecule has 0 bridgehead atoms. The SMILES string of the molecule is Cn1ccnc1C[S@@](=O)Cc1c(Cl)cccc1Cl. The highest BCUT2D eigenvalue weighted by molar-refractivity contribution is 7.83. The van der Waals surface area contributed by atoms with Gasteiger partial charge in [-0.25, -0.2) is 4.98 Å². The van der Waals surface area contributed by atoms with Crippen LogP contribution >= 0.6 is 23.2 Å². The van der Waals surface area contributed by atoms with Crippen molar-refractivity contribution in [2.24, 2.45) is 7.05 Å². The smallest absolute Gasteiger partial charge is 0.121 e. The maximum Gasteiger partial charge on any atom is 0.121 e. The van der Waals surface area contributed by atoms with Gasteiger partial charge in [-0.3, -0.25) is 4.21 Å². The molecule has 0 aliphatic heterocycles. The number of aryl methyl sites for hydroxylation is 1. The van der Waals surface area contributed by atoms with E-state index in [0.717, 1.165) is 11.4 Å². The Kier molecular flexibility index (Phi) is 4.43. The minimum Gasteiger partial charge on any atom is -0.337 e. The van der Waals surface area contributed by atoms with Crippen molar-refractivity contribution >= 4 is 34.0 Å². The van der Waals surface area contributed by atoms with Gasteiger partial charge in [-0.05, 0) is 12.1 Å². The van der Waals surface area contributed by atoms with Crippen LogP contribution in [0.4, 0.5) is 0 Å². The van der Waals surface area contributed by atoms with Gasteiger partial charge in [-0.15, -0.1) is 0 Å². The molecule has 6 heteroatoms. The van der Waals surface area contributed by atoms with Gasteiger partial charge in [0.05, 0.1) is 11.5 Å². The van der Waals surface area contributed by atoms with Gasteiger partial charge in [-0.1, -0.05) is 29.3 Å². The average molecular weight is 303 g/mol. The van der Waals surface area contributed by atoms with Crippen LogP contribution in [0, 0.1) is 0 Å². The summed E-state index contributed by atoms with van der Waals surface area (Å²) in [6.07, 6.45) is 3.52. The zero-order valence-electron chi connectivity index (χ0n) is 9.77. The van der Waals surface area contributed by atoms with E-state index in [4.69, 9.17) is 23.2 Å². The zero-order chi connectivity index (χ0) is 13.1. The van der Waals surface area contributed by atoms with Crippen LogP contribution in [-0.4, -0.2) is 13.8 Å². The lowest BCUT2D eigenvalue weighted by atomic mass is 10.2. The lowest BCUT2D eigenvalue weighted by Crippen LogP contribution is -2.05. The van der Waals surface area contributed by atoms with E-state index in [1.807, 2.05) is 17.8 Å². The van der Waals surface area contributed by atoms with Crippen molar-refractivity contribution in [3.8, 4) is 0 Å². The fourth-order valence-electron chi connectivity index (χ4n) is 1.56. The third-order valence-corrected chi connectivity index (χ3v) is 4.48. The Bertz CT molecular complexity index is 563. The summed E-state index contributed by atoms with van der Waals surface area (Å²) in [7, 11) is 0.794. The third-order valence-electron chi connectivity index (χ3n) is 2.58. The first-order valence-corrected chi connectivity index (χ1v) is 7.56. The molecule has 1 aromatic carbocycles. The topological polar surface area (TPSA) is 34.9 Å². The summed E-state index contributed by atoms with van der Waals surface area (Å²) in [5, 5.41) is 1.10. The van der Waals surface area contributed by atoms with E-state index >= 15 is 0 Å². The van der Waals surface area contributed by atoms with Crippen LogP contribution in [-0.2, 0) is 29.4 Å². The number of imidazole rings is 1. The molecule has 0 aliphatic rings. The first-order valence-electron chi connectivity index (χ1n) is 5.32. The molecule has 2 rings (SSSR count). The lowest BCUT2D eigenvalue weighted by Gasteiger charge is -2.07. The van der Waals surface area contributed by atoms with Crippen LogP contribution in [0.15, 0.2) is 30.6 Å². The summed E-state index contributed by atoms with van der Waals surface area (Å²) in [6.45, 7) is 0. The molecule has 1 atom stereocenters. The zero-order valence-corrected chi connectivity index (χ0v) is 12.1. The minimum absolute atomic E-state index is 0.339. The van der Waals surface area contributed by atoms with Gasteiger partial charge in [0.1, 0.15) is 5.82 Å². The predicted octanol–water partition coefficient (Wildman–Crippen LogP) is 3.18. The Morgan fingerprint density at radius 2 is 1.94 bits per heavy atom. The number of nitrogens with zero attached hydrogens (tertiary/aromatic N) is 2. The third kappa shape index (κ3) is 3.13. The molecule has 1 aromatic heterocycles. The number of rotatable bonds is 4. The fourth-order valence-corrected chi connectivity index (χ4v) is 3.55. The summed E-state index contributed by atoms with van der Waals surface area (Å²) in [4.78, 5) is 4.15. The number of halogens is 2. The molecule has 3 nitrogen and oxygen atoms in total. The van der Waals surface area contributed by atoms with Crippen LogP contribution in [0.25, 0.3) is 0 Å². The van der Waals surface area contributed by atoms with Gasteiger partial charge < -0.3 is 4.57 Å². The quantitative estimate of drug-likeness (QED) is 0.869. The highest BCUT2D eigenvalue weighted by atomic mass is 35.5. The maximum absolute atomic E-state index is 12.1. The van der Waals surface area contributed by atoms with Crippen LogP contribution in [0.1, 0.15) is 11.4 Å². The van der Waals surface area contributed by atoms with E-state index < -0.39 is 10.8 Å². The second-order valence-corrected chi connectivity index (χ2v) is 6.15. The molecule has 2 aromatic rings. The molecule has 0 spiro atoms. The summed E-state index contributed by atoms with van der Waals surface area (Å²) in [6, 6.07) is 5.28. The molecule has 0 N–H and O–H groups in total. The molecule has 96 valence electrons. The van der Waals surface area contributed by atoms with E-state index in [9.17, 15) is 4.21 Å². The molecule has 0 fully saturated rings. The van der Waals surface area contributed by atoms with E-state index in [-0.39, 0.29) is 0 Å². The van der Waals surface area contributed by atoms with Gasteiger partial charge in [0.25, 0.3) is 0 Å². The Morgan fingerprint density at radius 1 is 1.28 bits per heavy atom. The summed E-state index contributed by atoms with van der Waals surface area (Å²) >= 11 is 12.1. The number of aromatic nitrogens is 2. The Morgan fingerprint density at radius 3 is 2.50 bits per heavy atom. The van der Waals surface area contributed by atoms with Crippen molar-refractivity contribution in [3.63, 3.8) is 0 Å². The molecular formula is C12H12Cl2N2OS. The highest BCUT2D eigenvalue weighted by Crippen LogP contribution is 2.25. The molecule has 0 saturated carbocycles. The van der Waals surface area contributed by atoms with Crippen LogP contribution in [0.5, 0.6) is 0 Å². The Labute approximate surface area is 118 Å². The monoisotopic (exact) mass is 302 g/mol. The second kappa shape index (κ2) is 5.87. The van der Waals surface area contributed by atoms with Gasteiger partial charge in [0.15, 0.2) is 0 Å². The van der Waals surface area contributed by atoms with Crippen molar-refractivity contribution in [1.82, 2.24) is 9.55 Å². The first kappa shape index (κ1) is 13.6. The van der Waals surface area contributed by atoms with Gasteiger partial charge in [0, 0.05) is 45.8 Å². The normalized spacial score (nSPS) is 12.6. The first-order chi connectivity index (χ1) is 8.58. The van der Waals surface area contributed by atoms with Crippen molar-refractivity contribution in [2.45, 2.75) is 11.5 Å². The van der Waals surface area contributed by atoms with E-state index in [1.54, 1.807) is 24.4 Å².